The molecule has 34 heavy (non-hydrogen) atoms. The molecule has 1 atom stereocenters. The van der Waals surface area contributed by atoms with Crippen molar-refractivity contribution >= 4 is 51.9 Å². The number of para-hydroxylation sites is 1. The summed E-state index contributed by atoms with van der Waals surface area (Å²) in [6.45, 7) is 3.83. The number of fused-ring (bicyclic) bond motifs is 1. The fourth-order valence-corrected chi connectivity index (χ4v) is 6.03. The zero-order chi connectivity index (χ0) is 23.8. The first kappa shape index (κ1) is 22.5. The van der Waals surface area contributed by atoms with E-state index >= 15 is 0 Å². The fraction of sp³-hybridized carbons (Fsp3) is 0.115. The van der Waals surface area contributed by atoms with Gasteiger partial charge in [0.1, 0.15) is 0 Å². The van der Waals surface area contributed by atoms with Gasteiger partial charge in [0, 0.05) is 15.6 Å². The Morgan fingerprint density at radius 3 is 2.50 bits per heavy atom. The number of aromatic nitrogens is 1. The van der Waals surface area contributed by atoms with Crippen LogP contribution in [0.2, 0.25) is 5.02 Å². The van der Waals surface area contributed by atoms with E-state index in [4.69, 9.17) is 11.6 Å². The van der Waals surface area contributed by atoms with Crippen molar-refractivity contribution < 1.29 is 4.79 Å². The molecule has 5 rings (SSSR count). The molecule has 2 aromatic carbocycles. The summed E-state index contributed by atoms with van der Waals surface area (Å²) in [5.41, 5.74) is 3.41. The number of hydrogen-bond acceptors (Lipinski definition) is 5. The number of carbonyl (C=O) groups is 1. The molecule has 0 aliphatic carbocycles. The molecule has 1 aliphatic heterocycles. The van der Waals surface area contributed by atoms with Crippen molar-refractivity contribution in [3.05, 3.63) is 118 Å². The molecule has 1 unspecified atom stereocenters. The van der Waals surface area contributed by atoms with Crippen LogP contribution in [0.1, 0.15) is 29.0 Å². The molecule has 0 spiro atoms. The second-order valence-electron chi connectivity index (χ2n) is 7.92. The minimum absolute atomic E-state index is 0.172. The number of halogens is 1. The van der Waals surface area contributed by atoms with E-state index < -0.39 is 6.04 Å². The van der Waals surface area contributed by atoms with E-state index in [1.54, 1.807) is 28.0 Å². The van der Waals surface area contributed by atoms with E-state index in [-0.39, 0.29) is 11.5 Å². The van der Waals surface area contributed by atoms with Gasteiger partial charge in [-0.05, 0) is 66.8 Å². The Balaban J connectivity index is 1.69. The number of aryl methyl sites for hydroxylation is 1. The largest absolute Gasteiger partial charge is 0.322 e. The number of hydrogen-bond donors (Lipinski definition) is 1. The highest BCUT2D eigenvalue weighted by Gasteiger charge is 2.32. The van der Waals surface area contributed by atoms with Gasteiger partial charge in [-0.1, -0.05) is 53.3 Å². The number of thiazole rings is 1. The molecule has 0 saturated heterocycles. The molecular weight excluding hydrogens is 486 g/mol. The molecule has 1 aliphatic rings. The first-order chi connectivity index (χ1) is 16.4. The third kappa shape index (κ3) is 4.18. The lowest BCUT2D eigenvalue weighted by Crippen LogP contribution is -2.40. The van der Waals surface area contributed by atoms with Gasteiger partial charge >= 0.3 is 0 Å². The van der Waals surface area contributed by atoms with Gasteiger partial charge in [-0.25, -0.2) is 4.99 Å². The lowest BCUT2D eigenvalue weighted by molar-refractivity contribution is -0.113. The van der Waals surface area contributed by atoms with Gasteiger partial charge in [-0.3, -0.25) is 14.2 Å². The molecule has 0 saturated carbocycles. The second-order valence-corrected chi connectivity index (χ2v) is 10.3. The van der Waals surface area contributed by atoms with Gasteiger partial charge < -0.3 is 5.32 Å². The maximum absolute atomic E-state index is 13.6. The van der Waals surface area contributed by atoms with E-state index in [1.165, 1.54) is 11.3 Å². The smallest absolute Gasteiger partial charge is 0.271 e. The van der Waals surface area contributed by atoms with Crippen molar-refractivity contribution in [3.8, 4) is 0 Å². The van der Waals surface area contributed by atoms with Crippen LogP contribution < -0.4 is 20.2 Å². The molecule has 3 heterocycles. The molecule has 8 heteroatoms. The van der Waals surface area contributed by atoms with Crippen LogP contribution in [-0.4, -0.2) is 10.5 Å². The van der Waals surface area contributed by atoms with Crippen LogP contribution in [0.3, 0.4) is 0 Å². The molecule has 1 amide bonds. The van der Waals surface area contributed by atoms with Gasteiger partial charge in [-0.2, -0.15) is 0 Å². The normalized spacial score (nSPS) is 15.7. The molecule has 4 aromatic rings. The van der Waals surface area contributed by atoms with Gasteiger partial charge in [0.25, 0.3) is 11.5 Å². The molecule has 2 aromatic heterocycles. The maximum atomic E-state index is 13.6. The van der Waals surface area contributed by atoms with E-state index in [0.29, 0.717) is 31.3 Å². The van der Waals surface area contributed by atoms with Crippen molar-refractivity contribution in [1.29, 1.82) is 0 Å². The SMILES string of the molecule is CC1=C(C(=O)Nc2ccccc2)C(c2ccc(Cl)cc2)n2c(sc(=Cc3sccc3C)c2=O)=N1. The fourth-order valence-electron chi connectivity index (χ4n) is 3.94. The minimum Gasteiger partial charge on any atom is -0.322 e. The van der Waals surface area contributed by atoms with E-state index in [1.807, 2.05) is 73.8 Å². The summed E-state index contributed by atoms with van der Waals surface area (Å²) in [7, 11) is 0. The van der Waals surface area contributed by atoms with Crippen molar-refractivity contribution in [2.24, 2.45) is 4.99 Å². The summed E-state index contributed by atoms with van der Waals surface area (Å²) < 4.78 is 2.20. The minimum atomic E-state index is -0.621. The highest BCUT2D eigenvalue weighted by atomic mass is 35.5. The van der Waals surface area contributed by atoms with E-state index in [0.717, 1.165) is 16.0 Å². The first-order valence-corrected chi connectivity index (χ1v) is 12.7. The van der Waals surface area contributed by atoms with E-state index in [9.17, 15) is 9.59 Å². The molecule has 170 valence electrons. The Morgan fingerprint density at radius 1 is 1.09 bits per heavy atom. The van der Waals surface area contributed by atoms with Gasteiger partial charge in [-0.15, -0.1) is 11.3 Å². The molecule has 0 fully saturated rings. The third-order valence-corrected chi connectivity index (χ3v) is 7.85. The average molecular weight is 506 g/mol. The Labute approximate surface area is 209 Å². The predicted molar refractivity (Wildman–Crippen MR) is 139 cm³/mol. The average Bonchev–Trinajstić information content (AvgIpc) is 3.36. The first-order valence-electron chi connectivity index (χ1n) is 10.6. The molecule has 5 nitrogen and oxygen atoms in total. The van der Waals surface area contributed by atoms with Crippen LogP contribution in [0, 0.1) is 6.92 Å². The second kappa shape index (κ2) is 9.18. The Bertz CT molecular complexity index is 1600. The van der Waals surface area contributed by atoms with Crippen LogP contribution in [0.5, 0.6) is 0 Å². The number of nitrogens with one attached hydrogen (secondary N) is 1. The van der Waals surface area contributed by atoms with Crippen molar-refractivity contribution in [2.45, 2.75) is 19.9 Å². The number of anilines is 1. The third-order valence-electron chi connectivity index (χ3n) is 5.65. The molecule has 0 bridgehead atoms. The van der Waals surface area contributed by atoms with Crippen molar-refractivity contribution in [2.75, 3.05) is 5.32 Å². The maximum Gasteiger partial charge on any atom is 0.271 e. The Morgan fingerprint density at radius 2 is 1.82 bits per heavy atom. The van der Waals surface area contributed by atoms with E-state index in [2.05, 4.69) is 10.3 Å². The predicted octanol–water partition coefficient (Wildman–Crippen LogP) is 4.90. The number of carbonyl (C=O) groups excluding carboxylic acids is 1. The summed E-state index contributed by atoms with van der Waals surface area (Å²) in [5, 5.41) is 5.54. The summed E-state index contributed by atoms with van der Waals surface area (Å²) in [6.07, 6.45) is 1.91. The van der Waals surface area contributed by atoms with Crippen LogP contribution in [0.4, 0.5) is 5.69 Å². The number of nitrogens with zero attached hydrogens (tertiary/aromatic N) is 2. The van der Waals surface area contributed by atoms with Gasteiger partial charge in [0.2, 0.25) is 0 Å². The monoisotopic (exact) mass is 505 g/mol. The highest BCUT2D eigenvalue weighted by molar-refractivity contribution is 7.11. The number of amides is 1. The summed E-state index contributed by atoms with van der Waals surface area (Å²) in [4.78, 5) is 33.4. The lowest BCUT2D eigenvalue weighted by atomic mass is 9.95. The zero-order valence-electron chi connectivity index (χ0n) is 18.4. The summed E-state index contributed by atoms with van der Waals surface area (Å²) in [6, 6.07) is 17.9. The Hall–Kier alpha value is -3.26. The quantitative estimate of drug-likeness (QED) is 0.429. The van der Waals surface area contributed by atoms with Gasteiger partial charge in [0.15, 0.2) is 4.80 Å². The molecule has 0 radical (unpaired) electrons. The lowest BCUT2D eigenvalue weighted by Gasteiger charge is -2.25. The summed E-state index contributed by atoms with van der Waals surface area (Å²) in [5.74, 6) is -0.296. The van der Waals surface area contributed by atoms with Crippen molar-refractivity contribution in [1.82, 2.24) is 4.57 Å². The number of benzene rings is 2. The Kier molecular flexibility index (Phi) is 6.08. The molecular formula is C26H20ClN3O2S2. The number of rotatable bonds is 4. The molecule has 1 N–H and O–H groups in total. The van der Waals surface area contributed by atoms with Gasteiger partial charge in [0.05, 0.1) is 21.8 Å². The van der Waals surface area contributed by atoms with Crippen LogP contribution in [0.15, 0.2) is 87.1 Å². The number of allylic oxidation sites excluding steroid dienone is 1. The zero-order valence-corrected chi connectivity index (χ0v) is 20.8. The summed E-state index contributed by atoms with van der Waals surface area (Å²) >= 11 is 9.06. The standard InChI is InChI=1S/C26H20ClN3O2S2/c1-15-12-13-33-20(15)14-21-25(32)30-23(17-8-10-18(27)11-9-17)22(16(2)28-26(30)34-21)24(31)29-19-6-4-3-5-7-19/h3-14,23H,1-2H3,(H,29,31). The van der Waals surface area contributed by atoms with Crippen molar-refractivity contribution in [3.63, 3.8) is 0 Å². The van der Waals surface area contributed by atoms with Crippen LogP contribution >= 0.6 is 34.3 Å². The topological polar surface area (TPSA) is 63.5 Å². The number of thiophene rings is 1. The van der Waals surface area contributed by atoms with Crippen LogP contribution in [0.25, 0.3) is 6.08 Å². The van der Waals surface area contributed by atoms with Crippen LogP contribution in [-0.2, 0) is 4.79 Å². The highest BCUT2D eigenvalue weighted by Crippen LogP contribution is 2.31.